The molecule has 0 saturated carbocycles. The van der Waals surface area contributed by atoms with Gasteiger partial charge in [-0.25, -0.2) is 0 Å². The summed E-state index contributed by atoms with van der Waals surface area (Å²) in [4.78, 5) is 0. The number of benzene rings is 2. The van der Waals surface area contributed by atoms with Crippen LogP contribution in [0.2, 0.25) is 0 Å². The van der Waals surface area contributed by atoms with Gasteiger partial charge in [-0.15, -0.1) is 0 Å². The van der Waals surface area contributed by atoms with E-state index in [0.29, 0.717) is 0 Å². The number of methoxy groups -OCH3 is 1. The van der Waals surface area contributed by atoms with E-state index in [4.69, 9.17) is 4.74 Å². The third-order valence-corrected chi connectivity index (χ3v) is 3.76. The highest BCUT2D eigenvalue weighted by atomic mass is 79.9. The van der Waals surface area contributed by atoms with E-state index in [2.05, 4.69) is 21.2 Å². The molecule has 1 atom stereocenters. The number of hydrogen-bond donors (Lipinski definition) is 2. The Morgan fingerprint density at radius 1 is 1.20 bits per heavy atom. The van der Waals surface area contributed by atoms with Gasteiger partial charge in [0.25, 0.3) is 0 Å². The first-order valence-corrected chi connectivity index (χ1v) is 7.16. The van der Waals surface area contributed by atoms with Crippen LogP contribution in [0.5, 0.6) is 5.75 Å². The number of para-hydroxylation sites is 1. The van der Waals surface area contributed by atoms with Crippen molar-refractivity contribution in [2.24, 2.45) is 0 Å². The molecule has 1 unspecified atom stereocenters. The average Bonchev–Trinajstić information content (AvgIpc) is 2.47. The summed E-state index contributed by atoms with van der Waals surface area (Å²) in [5.41, 5.74) is 1.24. The normalized spacial score (nSPS) is 13.6. The van der Waals surface area contributed by atoms with Crippen LogP contribution in [0.15, 0.2) is 53.0 Å². The molecule has 2 aromatic carbocycles. The van der Waals surface area contributed by atoms with Crippen LogP contribution in [0.4, 0.5) is 5.69 Å². The number of aliphatic hydroxyl groups excluding tert-OH is 1. The number of nitrogens with one attached hydrogen (secondary N) is 1. The third kappa shape index (κ3) is 3.14. The Kier molecular flexibility index (Phi) is 4.68. The summed E-state index contributed by atoms with van der Waals surface area (Å²) in [5.74, 6) is 0.756. The molecule has 0 aromatic heterocycles. The number of ether oxygens (including phenoxy) is 1. The first kappa shape index (κ1) is 14.9. The Bertz CT molecular complexity index is 588. The first-order chi connectivity index (χ1) is 9.59. The fourth-order valence-electron chi connectivity index (χ4n) is 2.18. The van der Waals surface area contributed by atoms with Crippen molar-refractivity contribution in [3.8, 4) is 5.75 Å². The molecule has 106 valence electrons. The van der Waals surface area contributed by atoms with Crippen molar-refractivity contribution in [1.82, 2.24) is 0 Å². The van der Waals surface area contributed by atoms with Gasteiger partial charge in [-0.2, -0.15) is 0 Å². The molecule has 3 nitrogen and oxygen atoms in total. The number of aliphatic hydroxyl groups is 1. The zero-order chi connectivity index (χ0) is 14.6. The van der Waals surface area contributed by atoms with Crippen molar-refractivity contribution in [2.75, 3.05) is 19.0 Å². The molecule has 0 fully saturated rings. The Balaban J connectivity index is 2.38. The first-order valence-electron chi connectivity index (χ1n) is 6.37. The van der Waals surface area contributed by atoms with E-state index in [0.717, 1.165) is 21.5 Å². The lowest BCUT2D eigenvalue weighted by molar-refractivity contribution is 0.220. The highest BCUT2D eigenvalue weighted by Gasteiger charge is 2.28. The fraction of sp³-hybridized carbons (Fsp3) is 0.250. The molecule has 2 N–H and O–H groups in total. The molecule has 0 amide bonds. The topological polar surface area (TPSA) is 41.5 Å². The Hall–Kier alpha value is -1.52. The van der Waals surface area contributed by atoms with Crippen LogP contribution in [0, 0.1) is 0 Å². The molecule has 2 rings (SSSR count). The highest BCUT2D eigenvalue weighted by Crippen LogP contribution is 2.33. The summed E-state index contributed by atoms with van der Waals surface area (Å²) in [6.45, 7) is 1.91. The van der Waals surface area contributed by atoms with Crippen molar-refractivity contribution < 1.29 is 9.84 Å². The van der Waals surface area contributed by atoms with Crippen LogP contribution in [-0.2, 0) is 5.54 Å². The molecule has 20 heavy (non-hydrogen) atoms. The monoisotopic (exact) mass is 335 g/mol. The summed E-state index contributed by atoms with van der Waals surface area (Å²) >= 11 is 3.45. The predicted molar refractivity (Wildman–Crippen MR) is 85.2 cm³/mol. The maximum absolute atomic E-state index is 9.86. The van der Waals surface area contributed by atoms with Gasteiger partial charge in [-0.05, 0) is 31.2 Å². The molecule has 2 aromatic rings. The molecule has 0 spiro atoms. The van der Waals surface area contributed by atoms with Crippen molar-refractivity contribution in [1.29, 1.82) is 0 Å². The van der Waals surface area contributed by atoms with Crippen molar-refractivity contribution >= 4 is 21.6 Å². The van der Waals surface area contributed by atoms with E-state index in [9.17, 15) is 5.11 Å². The van der Waals surface area contributed by atoms with Gasteiger partial charge < -0.3 is 15.2 Å². The molecule has 0 radical (unpaired) electrons. The van der Waals surface area contributed by atoms with Crippen molar-refractivity contribution in [3.05, 3.63) is 58.6 Å². The summed E-state index contributed by atoms with van der Waals surface area (Å²) in [5, 5.41) is 13.2. The predicted octanol–water partition coefficient (Wildman–Crippen LogP) is 3.78. The minimum Gasteiger partial charge on any atom is -0.496 e. The van der Waals surface area contributed by atoms with E-state index in [1.165, 1.54) is 0 Å². The van der Waals surface area contributed by atoms with Gasteiger partial charge in [0.15, 0.2) is 0 Å². The molecule has 0 aliphatic heterocycles. The Morgan fingerprint density at radius 3 is 2.60 bits per heavy atom. The minimum atomic E-state index is -0.618. The number of anilines is 1. The van der Waals surface area contributed by atoms with Gasteiger partial charge in [0.1, 0.15) is 5.75 Å². The number of halogens is 1. The summed E-state index contributed by atoms with van der Waals surface area (Å²) in [6, 6.07) is 15.6. The van der Waals surface area contributed by atoms with Crippen LogP contribution in [0.1, 0.15) is 12.5 Å². The minimum absolute atomic E-state index is 0.0418. The van der Waals surface area contributed by atoms with Crippen LogP contribution < -0.4 is 10.1 Å². The SMILES string of the molecule is COc1ccccc1C(C)(CO)Nc1cccc(Br)c1. The molecule has 0 aliphatic carbocycles. The van der Waals surface area contributed by atoms with Gasteiger partial charge >= 0.3 is 0 Å². The van der Waals surface area contributed by atoms with Crippen molar-refractivity contribution in [2.45, 2.75) is 12.5 Å². The van der Waals surface area contributed by atoms with Crippen LogP contribution >= 0.6 is 15.9 Å². The lowest BCUT2D eigenvalue weighted by atomic mass is 9.91. The molecule has 0 saturated heterocycles. The Labute approximate surface area is 127 Å². The van der Waals surface area contributed by atoms with Gasteiger partial charge in [0.05, 0.1) is 19.3 Å². The maximum Gasteiger partial charge on any atom is 0.124 e. The van der Waals surface area contributed by atoms with Gasteiger partial charge in [-0.1, -0.05) is 40.2 Å². The highest BCUT2D eigenvalue weighted by molar-refractivity contribution is 9.10. The summed E-state index contributed by atoms with van der Waals surface area (Å²) < 4.78 is 6.38. The lowest BCUT2D eigenvalue weighted by Gasteiger charge is -2.31. The van der Waals surface area contributed by atoms with E-state index < -0.39 is 5.54 Å². The molecular weight excluding hydrogens is 318 g/mol. The van der Waals surface area contributed by atoms with E-state index in [1.54, 1.807) is 7.11 Å². The molecule has 4 heteroatoms. The molecular formula is C16H18BrNO2. The lowest BCUT2D eigenvalue weighted by Crippen LogP contribution is -2.36. The quantitative estimate of drug-likeness (QED) is 0.873. The van der Waals surface area contributed by atoms with Gasteiger partial charge in [-0.3, -0.25) is 0 Å². The third-order valence-electron chi connectivity index (χ3n) is 3.26. The van der Waals surface area contributed by atoms with Crippen LogP contribution in [0.25, 0.3) is 0 Å². The zero-order valence-corrected chi connectivity index (χ0v) is 13.1. The zero-order valence-electron chi connectivity index (χ0n) is 11.6. The fourth-order valence-corrected chi connectivity index (χ4v) is 2.58. The van der Waals surface area contributed by atoms with Crippen molar-refractivity contribution in [3.63, 3.8) is 0 Å². The van der Waals surface area contributed by atoms with Crippen LogP contribution in [0.3, 0.4) is 0 Å². The van der Waals surface area contributed by atoms with E-state index in [1.807, 2.05) is 55.5 Å². The number of rotatable bonds is 5. The summed E-state index contributed by atoms with van der Waals surface area (Å²) in [7, 11) is 1.63. The van der Waals surface area contributed by atoms with Gasteiger partial charge in [0.2, 0.25) is 0 Å². The second kappa shape index (κ2) is 6.29. The number of hydrogen-bond acceptors (Lipinski definition) is 3. The van der Waals surface area contributed by atoms with E-state index >= 15 is 0 Å². The van der Waals surface area contributed by atoms with Gasteiger partial charge in [0, 0.05) is 15.7 Å². The largest absolute Gasteiger partial charge is 0.496 e. The smallest absolute Gasteiger partial charge is 0.124 e. The second-order valence-electron chi connectivity index (χ2n) is 4.83. The standard InChI is InChI=1S/C16H18BrNO2/c1-16(11-19,14-8-3-4-9-15(14)20-2)18-13-7-5-6-12(17)10-13/h3-10,18-19H,11H2,1-2H3. The maximum atomic E-state index is 9.86. The summed E-state index contributed by atoms with van der Waals surface area (Å²) in [6.07, 6.45) is 0. The molecule has 0 heterocycles. The molecule has 0 aliphatic rings. The second-order valence-corrected chi connectivity index (χ2v) is 5.74. The van der Waals surface area contributed by atoms with E-state index in [-0.39, 0.29) is 6.61 Å². The Morgan fingerprint density at radius 2 is 1.95 bits per heavy atom. The average molecular weight is 336 g/mol. The molecule has 0 bridgehead atoms. The van der Waals surface area contributed by atoms with Crippen LogP contribution in [-0.4, -0.2) is 18.8 Å².